The van der Waals surface area contributed by atoms with Crippen molar-refractivity contribution in [1.82, 2.24) is 4.98 Å². The Morgan fingerprint density at radius 2 is 2.19 bits per heavy atom. The van der Waals surface area contributed by atoms with E-state index in [9.17, 15) is 0 Å². The third-order valence-corrected chi connectivity index (χ3v) is 4.65. The quantitative estimate of drug-likeness (QED) is 0.838. The molecule has 0 aromatic carbocycles. The average molecular weight is 290 g/mol. The Morgan fingerprint density at radius 3 is 2.90 bits per heavy atom. The van der Waals surface area contributed by atoms with Gasteiger partial charge in [0.05, 0.1) is 12.7 Å². The van der Waals surface area contributed by atoms with Crippen molar-refractivity contribution in [2.24, 2.45) is 17.8 Å². The van der Waals surface area contributed by atoms with Crippen LogP contribution in [0.4, 0.5) is 5.82 Å². The monoisotopic (exact) mass is 290 g/mol. The second-order valence-electron chi connectivity index (χ2n) is 6.72. The van der Waals surface area contributed by atoms with E-state index in [1.165, 1.54) is 24.8 Å². The van der Waals surface area contributed by atoms with E-state index in [4.69, 9.17) is 4.74 Å². The molecule has 0 bridgehead atoms. The van der Waals surface area contributed by atoms with Crippen LogP contribution in [0.25, 0.3) is 0 Å². The highest BCUT2D eigenvalue weighted by molar-refractivity contribution is 5.43. The number of nitrogens with zero attached hydrogens (tertiary/aromatic N) is 1. The highest BCUT2D eigenvalue weighted by atomic mass is 16.5. The normalized spacial score (nSPS) is 26.0. The van der Waals surface area contributed by atoms with Crippen molar-refractivity contribution in [2.75, 3.05) is 11.9 Å². The van der Waals surface area contributed by atoms with Crippen LogP contribution >= 0.6 is 0 Å². The molecule has 118 valence electrons. The number of rotatable bonds is 6. The lowest BCUT2D eigenvalue weighted by molar-refractivity contribution is -0.0471. The molecule has 1 aliphatic rings. The van der Waals surface area contributed by atoms with Gasteiger partial charge < -0.3 is 10.1 Å². The summed E-state index contributed by atoms with van der Waals surface area (Å²) in [7, 11) is 0. The van der Waals surface area contributed by atoms with Gasteiger partial charge in [0.25, 0.3) is 0 Å². The number of ether oxygens (including phenoxy) is 1. The van der Waals surface area contributed by atoms with Crippen molar-refractivity contribution < 1.29 is 4.74 Å². The third-order valence-electron chi connectivity index (χ3n) is 4.65. The summed E-state index contributed by atoms with van der Waals surface area (Å²) in [6, 6.07) is 4.10. The molecule has 0 aliphatic heterocycles. The fourth-order valence-electron chi connectivity index (χ4n) is 3.38. The smallest absolute Gasteiger partial charge is 0.131 e. The van der Waals surface area contributed by atoms with Gasteiger partial charge >= 0.3 is 0 Å². The first-order valence-corrected chi connectivity index (χ1v) is 8.41. The summed E-state index contributed by atoms with van der Waals surface area (Å²) in [6.07, 6.45) is 6.07. The topological polar surface area (TPSA) is 34.2 Å². The molecule has 3 unspecified atom stereocenters. The molecule has 1 aliphatic carbocycles. The highest BCUT2D eigenvalue weighted by Gasteiger charge is 2.31. The zero-order valence-electron chi connectivity index (χ0n) is 13.9. The first kappa shape index (κ1) is 16.3. The Kier molecular flexibility index (Phi) is 6.04. The van der Waals surface area contributed by atoms with Gasteiger partial charge in [-0.15, -0.1) is 0 Å². The van der Waals surface area contributed by atoms with Crippen LogP contribution in [0.5, 0.6) is 0 Å². The van der Waals surface area contributed by atoms with Crippen molar-refractivity contribution in [3.8, 4) is 0 Å². The standard InChI is InChI=1S/C18H30N2O/c1-5-19-18-15(7-6-10-20-18)12-21-17-11-14(4)8-9-16(17)13(2)3/h6-7,10,13-14,16-17H,5,8-9,11-12H2,1-4H3,(H,19,20). The number of aromatic nitrogens is 1. The van der Waals surface area contributed by atoms with Gasteiger partial charge in [0.2, 0.25) is 0 Å². The van der Waals surface area contributed by atoms with Crippen LogP contribution in [0.3, 0.4) is 0 Å². The van der Waals surface area contributed by atoms with Crippen molar-refractivity contribution in [2.45, 2.75) is 59.7 Å². The molecule has 0 saturated heterocycles. The summed E-state index contributed by atoms with van der Waals surface area (Å²) in [5.41, 5.74) is 1.17. The number of pyridine rings is 1. The molecule has 3 atom stereocenters. The maximum atomic E-state index is 6.32. The Bertz CT molecular complexity index is 433. The molecule has 0 amide bonds. The van der Waals surface area contributed by atoms with Crippen LogP contribution in [0.2, 0.25) is 0 Å². The second kappa shape index (κ2) is 7.79. The molecular formula is C18H30N2O. The molecule has 3 nitrogen and oxygen atoms in total. The molecule has 1 N–H and O–H groups in total. The van der Waals surface area contributed by atoms with Gasteiger partial charge in [0.15, 0.2) is 0 Å². The minimum atomic E-state index is 0.392. The number of anilines is 1. The average Bonchev–Trinajstić information content (AvgIpc) is 2.46. The van der Waals surface area contributed by atoms with Gasteiger partial charge in [-0.25, -0.2) is 4.98 Å². The first-order chi connectivity index (χ1) is 10.1. The summed E-state index contributed by atoms with van der Waals surface area (Å²) >= 11 is 0. The maximum absolute atomic E-state index is 6.32. The summed E-state index contributed by atoms with van der Waals surface area (Å²) < 4.78 is 6.32. The van der Waals surface area contributed by atoms with Crippen molar-refractivity contribution >= 4 is 5.82 Å². The first-order valence-electron chi connectivity index (χ1n) is 8.41. The fraction of sp³-hybridized carbons (Fsp3) is 0.722. The third kappa shape index (κ3) is 4.44. The van der Waals surface area contributed by atoms with Gasteiger partial charge in [-0.3, -0.25) is 0 Å². The van der Waals surface area contributed by atoms with Crippen molar-refractivity contribution in [3.05, 3.63) is 23.9 Å². The van der Waals surface area contributed by atoms with Crippen LogP contribution in [0.1, 0.15) is 52.5 Å². The minimum Gasteiger partial charge on any atom is -0.373 e. The van der Waals surface area contributed by atoms with Gasteiger partial charge in [-0.05, 0) is 43.6 Å². The number of hydrogen-bond acceptors (Lipinski definition) is 3. The van der Waals surface area contributed by atoms with Crippen LogP contribution in [-0.2, 0) is 11.3 Å². The Morgan fingerprint density at radius 1 is 1.38 bits per heavy atom. The molecule has 1 heterocycles. The van der Waals surface area contributed by atoms with Gasteiger partial charge in [-0.2, -0.15) is 0 Å². The van der Waals surface area contributed by atoms with Crippen molar-refractivity contribution in [3.63, 3.8) is 0 Å². The lowest BCUT2D eigenvalue weighted by Crippen LogP contribution is -2.34. The van der Waals surface area contributed by atoms with Crippen LogP contribution in [-0.4, -0.2) is 17.6 Å². The van der Waals surface area contributed by atoms with Gasteiger partial charge in [0, 0.05) is 18.3 Å². The van der Waals surface area contributed by atoms with Crippen LogP contribution < -0.4 is 5.32 Å². The van der Waals surface area contributed by atoms with E-state index in [0.29, 0.717) is 24.5 Å². The molecule has 1 aromatic heterocycles. The summed E-state index contributed by atoms with van der Waals surface area (Å²) in [6.45, 7) is 10.6. The molecule has 1 saturated carbocycles. The van der Waals surface area contributed by atoms with E-state index in [-0.39, 0.29) is 0 Å². The summed E-state index contributed by atoms with van der Waals surface area (Å²) in [5, 5.41) is 3.32. The largest absolute Gasteiger partial charge is 0.373 e. The van der Waals surface area contributed by atoms with E-state index in [0.717, 1.165) is 18.3 Å². The maximum Gasteiger partial charge on any atom is 0.131 e. The molecule has 2 rings (SSSR count). The zero-order chi connectivity index (χ0) is 15.2. The molecule has 3 heteroatoms. The molecule has 0 radical (unpaired) electrons. The van der Waals surface area contributed by atoms with E-state index in [1.807, 2.05) is 12.3 Å². The van der Waals surface area contributed by atoms with Crippen LogP contribution in [0, 0.1) is 17.8 Å². The van der Waals surface area contributed by atoms with E-state index < -0.39 is 0 Å². The Hall–Kier alpha value is -1.09. The highest BCUT2D eigenvalue weighted by Crippen LogP contribution is 2.35. The Labute approximate surface area is 129 Å². The summed E-state index contributed by atoms with van der Waals surface area (Å²) in [4.78, 5) is 4.41. The SMILES string of the molecule is CCNc1ncccc1COC1CC(C)CCC1C(C)C. The Balaban J connectivity index is 2.00. The zero-order valence-corrected chi connectivity index (χ0v) is 13.9. The van der Waals surface area contributed by atoms with E-state index >= 15 is 0 Å². The minimum absolute atomic E-state index is 0.392. The van der Waals surface area contributed by atoms with Gasteiger partial charge in [0.1, 0.15) is 5.82 Å². The van der Waals surface area contributed by atoms with Gasteiger partial charge in [-0.1, -0.05) is 33.3 Å². The summed E-state index contributed by atoms with van der Waals surface area (Å²) in [5.74, 6) is 3.14. The second-order valence-corrected chi connectivity index (χ2v) is 6.72. The molecule has 21 heavy (non-hydrogen) atoms. The lowest BCUT2D eigenvalue weighted by Gasteiger charge is -2.37. The number of nitrogens with one attached hydrogen (secondary N) is 1. The predicted molar refractivity (Wildman–Crippen MR) is 88.3 cm³/mol. The van der Waals surface area contributed by atoms with E-state index in [1.54, 1.807) is 0 Å². The molecular weight excluding hydrogens is 260 g/mol. The molecule has 1 aromatic rings. The lowest BCUT2D eigenvalue weighted by atomic mass is 9.75. The molecule has 1 fully saturated rings. The van der Waals surface area contributed by atoms with Crippen molar-refractivity contribution in [1.29, 1.82) is 0 Å². The molecule has 0 spiro atoms. The number of hydrogen-bond donors (Lipinski definition) is 1. The predicted octanol–water partition coefficient (Wildman–Crippen LogP) is 4.49. The van der Waals surface area contributed by atoms with E-state index in [2.05, 4.69) is 44.1 Å². The fourth-order valence-corrected chi connectivity index (χ4v) is 3.38. The van der Waals surface area contributed by atoms with Crippen LogP contribution in [0.15, 0.2) is 18.3 Å².